The fourth-order valence-corrected chi connectivity index (χ4v) is 5.80. The number of hydrogen-bond donors (Lipinski definition) is 4. The highest BCUT2D eigenvalue weighted by atomic mass is 35.5. The number of carbonyl (C=O) groups is 4. The minimum Gasteiger partial charge on any atom is -0.442 e. The third-order valence-corrected chi connectivity index (χ3v) is 8.76. The van der Waals surface area contributed by atoms with Crippen LogP contribution >= 0.6 is 47.4 Å². The molecule has 4 aromatic rings. The topological polar surface area (TPSA) is 167 Å². The monoisotopic (exact) mass is 816 g/mol. The van der Waals surface area contributed by atoms with Crippen molar-refractivity contribution < 1.29 is 37.4 Å². The Bertz CT molecular complexity index is 2060. The van der Waals surface area contributed by atoms with Crippen LogP contribution in [0.3, 0.4) is 0 Å². The predicted octanol–water partition coefficient (Wildman–Crippen LogP) is 6.19. The normalized spacial score (nSPS) is 16.1. The number of thiocarbonyl (C=S) groups is 2. The Hall–Kier alpha value is -5.37. The van der Waals surface area contributed by atoms with E-state index in [4.69, 9.17) is 45.5 Å². The zero-order valence-corrected chi connectivity index (χ0v) is 31.6. The molecule has 2 aliphatic rings. The second-order valence-corrected chi connectivity index (χ2v) is 14.1. The Morgan fingerprint density at radius 1 is 0.833 bits per heavy atom. The van der Waals surface area contributed by atoms with E-state index in [1.165, 1.54) is 63.9 Å². The van der Waals surface area contributed by atoms with Gasteiger partial charge >= 0.3 is 12.2 Å². The second-order valence-electron chi connectivity index (χ2n) is 11.6. The molecular weight excluding hydrogens is 786 g/mol. The van der Waals surface area contributed by atoms with Crippen molar-refractivity contribution in [1.82, 2.24) is 20.6 Å². The number of carbonyl (C=O) groups excluding carboxylic acids is 4. The van der Waals surface area contributed by atoms with E-state index in [0.717, 1.165) is 12.1 Å². The number of amides is 4. The third kappa shape index (κ3) is 10.6. The lowest BCUT2D eigenvalue weighted by Crippen LogP contribution is -2.32. The highest BCUT2D eigenvalue weighted by Crippen LogP contribution is 2.26. The molecule has 14 nitrogen and oxygen atoms in total. The van der Waals surface area contributed by atoms with Gasteiger partial charge in [0.15, 0.2) is 5.13 Å². The van der Waals surface area contributed by atoms with Crippen LogP contribution in [0, 0.1) is 11.6 Å². The van der Waals surface area contributed by atoms with Crippen molar-refractivity contribution in [2.75, 3.05) is 46.6 Å². The fourth-order valence-electron chi connectivity index (χ4n) is 5.00. The van der Waals surface area contributed by atoms with E-state index >= 15 is 0 Å². The van der Waals surface area contributed by atoms with Crippen molar-refractivity contribution in [1.29, 1.82) is 0 Å². The van der Waals surface area contributed by atoms with E-state index < -0.39 is 47.8 Å². The Kier molecular flexibility index (Phi) is 13.4. The summed E-state index contributed by atoms with van der Waals surface area (Å²) in [4.78, 5) is 60.0. The summed E-state index contributed by atoms with van der Waals surface area (Å²) in [6.07, 6.45) is 0.944. The van der Waals surface area contributed by atoms with Gasteiger partial charge in [-0.05, 0) is 62.4 Å². The first-order valence-corrected chi connectivity index (χ1v) is 18.0. The van der Waals surface area contributed by atoms with Crippen molar-refractivity contribution in [3.63, 3.8) is 0 Å². The van der Waals surface area contributed by atoms with Gasteiger partial charge in [-0.2, -0.15) is 0 Å². The van der Waals surface area contributed by atoms with Crippen molar-refractivity contribution in [2.45, 2.75) is 26.1 Å². The number of hydrogen-bond acceptors (Lipinski definition) is 11. The van der Waals surface area contributed by atoms with E-state index in [0.29, 0.717) is 45.3 Å². The van der Waals surface area contributed by atoms with Crippen LogP contribution in [0.4, 0.5) is 40.6 Å². The molecule has 2 aromatic heterocycles. The fraction of sp³-hybridized carbons (Fsp3) is 0.235. The number of pyridine rings is 1. The van der Waals surface area contributed by atoms with E-state index in [2.05, 4.69) is 31.2 Å². The van der Waals surface area contributed by atoms with E-state index in [-0.39, 0.29) is 29.4 Å². The van der Waals surface area contributed by atoms with Gasteiger partial charge < -0.3 is 25.4 Å². The Labute approximate surface area is 327 Å². The first-order valence-electron chi connectivity index (χ1n) is 16.0. The molecular formula is C34H31ClF2N8O6S3. The Balaban J connectivity index is 0.000000208. The van der Waals surface area contributed by atoms with E-state index in [9.17, 15) is 28.0 Å². The number of rotatable bonds is 10. The van der Waals surface area contributed by atoms with Crippen molar-refractivity contribution in [2.24, 2.45) is 0 Å². The van der Waals surface area contributed by atoms with Crippen LogP contribution in [0.5, 0.6) is 0 Å². The van der Waals surface area contributed by atoms with Gasteiger partial charge in [-0.1, -0.05) is 36.0 Å². The van der Waals surface area contributed by atoms with Gasteiger partial charge in [-0.3, -0.25) is 24.7 Å². The van der Waals surface area contributed by atoms with E-state index in [1.807, 2.05) is 0 Å². The first-order chi connectivity index (χ1) is 25.8. The predicted molar refractivity (Wildman–Crippen MR) is 208 cm³/mol. The largest absolute Gasteiger partial charge is 0.442 e. The van der Waals surface area contributed by atoms with Crippen LogP contribution in [0.2, 0.25) is 5.15 Å². The van der Waals surface area contributed by atoms with Crippen LogP contribution in [-0.4, -0.2) is 82.3 Å². The summed E-state index contributed by atoms with van der Waals surface area (Å²) in [5.74, 6) is -2.75. The summed E-state index contributed by atoms with van der Waals surface area (Å²) >= 11 is 16.8. The van der Waals surface area contributed by atoms with Crippen molar-refractivity contribution in [3.8, 4) is 0 Å². The molecule has 282 valence electrons. The van der Waals surface area contributed by atoms with Crippen LogP contribution in [0.1, 0.15) is 34.6 Å². The summed E-state index contributed by atoms with van der Waals surface area (Å²) < 4.78 is 39.3. The molecule has 20 heteroatoms. The Morgan fingerprint density at radius 2 is 1.35 bits per heavy atom. The second kappa shape index (κ2) is 18.1. The number of nitrogens with zero attached hydrogens (tertiary/aromatic N) is 4. The molecule has 0 aliphatic carbocycles. The highest BCUT2D eigenvalue weighted by Gasteiger charge is 2.34. The standard InChI is InChI=1S/C18H16ClFN4O3S.C16H15FN4O3S2/c1-10(28)21-8-13-9-24(18(26)27-13)12-3-4-14(15(20)6-12)17(25)23-11-2-5-16(19)22-7-11;1-9(25)19-7-11-8-21(16(23)24-11)10-2-3-12(13(17)6-10)14(22)20-15-18-4-5-26-15/h2-7,13H,8-9H2,1H3,(H,21,28)(H,23,25);2-6,11H,7-8H2,1H3,(H,19,25)(H,18,20,22)/t13-;11-/m00/s1. The van der Waals surface area contributed by atoms with Crippen LogP contribution in [0.25, 0.3) is 0 Å². The van der Waals surface area contributed by atoms with Crippen LogP contribution in [-0.2, 0) is 9.47 Å². The number of ether oxygens (including phenoxy) is 2. The number of aromatic nitrogens is 2. The molecule has 0 radical (unpaired) electrons. The molecule has 0 saturated carbocycles. The molecule has 0 unspecified atom stereocenters. The molecule has 2 fully saturated rings. The SMILES string of the molecule is CC(=S)NC[C@H]1CN(c2ccc(C(=O)Nc3ccc(Cl)nc3)c(F)c2)C(=O)O1.CC(=S)NC[C@H]1CN(c2ccc(C(=O)Nc3nccs3)c(F)c2)C(=O)O1. The number of benzene rings is 2. The minimum absolute atomic E-state index is 0.133. The first kappa shape index (κ1) is 39.8. The molecule has 2 atom stereocenters. The summed E-state index contributed by atoms with van der Waals surface area (Å²) in [5.41, 5.74) is 0.700. The molecule has 2 saturated heterocycles. The quantitative estimate of drug-likeness (QED) is 0.106. The lowest BCUT2D eigenvalue weighted by atomic mass is 10.1. The highest BCUT2D eigenvalue weighted by molar-refractivity contribution is 7.80. The van der Waals surface area contributed by atoms with Gasteiger partial charge in [0.25, 0.3) is 11.8 Å². The molecule has 2 aromatic carbocycles. The third-order valence-electron chi connectivity index (χ3n) is 7.56. The molecule has 0 bridgehead atoms. The Morgan fingerprint density at radius 3 is 1.78 bits per heavy atom. The van der Waals surface area contributed by atoms with E-state index in [1.54, 1.807) is 25.3 Å². The van der Waals surface area contributed by atoms with Crippen LogP contribution < -0.4 is 31.1 Å². The summed E-state index contributed by atoms with van der Waals surface area (Å²) in [5, 5.41) is 13.3. The molecule has 4 amide bonds. The van der Waals surface area contributed by atoms with Gasteiger partial charge in [0, 0.05) is 11.6 Å². The molecule has 54 heavy (non-hydrogen) atoms. The average Bonchev–Trinajstić information content (AvgIpc) is 3.87. The van der Waals surface area contributed by atoms with Crippen molar-refractivity contribution in [3.05, 3.63) is 94.2 Å². The van der Waals surface area contributed by atoms with Gasteiger partial charge in [-0.15, -0.1) is 11.3 Å². The molecule has 2 aliphatic heterocycles. The molecule has 4 N–H and O–H groups in total. The van der Waals surface area contributed by atoms with Gasteiger partial charge in [0.2, 0.25) is 0 Å². The summed E-state index contributed by atoms with van der Waals surface area (Å²) in [7, 11) is 0. The number of nitrogens with one attached hydrogen (secondary N) is 4. The number of cyclic esters (lactones) is 2. The lowest BCUT2D eigenvalue weighted by molar-refractivity contribution is 0.101. The molecule has 6 rings (SSSR count). The smallest absolute Gasteiger partial charge is 0.414 e. The maximum absolute atomic E-state index is 14.5. The average molecular weight is 817 g/mol. The number of halogens is 3. The molecule has 0 spiro atoms. The summed E-state index contributed by atoms with van der Waals surface area (Å²) in [6.45, 7) is 4.72. The maximum atomic E-state index is 14.5. The van der Waals surface area contributed by atoms with Crippen LogP contribution in [0.15, 0.2) is 66.3 Å². The zero-order valence-electron chi connectivity index (χ0n) is 28.4. The lowest BCUT2D eigenvalue weighted by Gasteiger charge is -2.14. The van der Waals surface area contributed by atoms with Gasteiger partial charge in [0.1, 0.15) is 29.0 Å². The summed E-state index contributed by atoms with van der Waals surface area (Å²) in [6, 6.07) is 10.9. The molecule has 4 heterocycles. The number of anilines is 4. The number of thiazole rings is 1. The maximum Gasteiger partial charge on any atom is 0.414 e. The van der Waals surface area contributed by atoms with Gasteiger partial charge in [0.05, 0.1) is 70.5 Å². The zero-order chi connectivity index (χ0) is 38.9. The minimum atomic E-state index is -0.763. The van der Waals surface area contributed by atoms with Gasteiger partial charge in [-0.25, -0.2) is 28.3 Å². The van der Waals surface area contributed by atoms with Crippen molar-refractivity contribution >= 4 is 104 Å².